The van der Waals surface area contributed by atoms with E-state index in [2.05, 4.69) is 6.92 Å². The van der Waals surface area contributed by atoms with Crippen LogP contribution in [0.15, 0.2) is 0 Å². The number of aliphatic hydroxyl groups excluding tert-OH is 1. The third kappa shape index (κ3) is 3.72. The highest BCUT2D eigenvalue weighted by Crippen LogP contribution is 2.33. The van der Waals surface area contributed by atoms with Crippen LogP contribution in [0.2, 0.25) is 0 Å². The summed E-state index contributed by atoms with van der Waals surface area (Å²) in [4.78, 5) is 0. The van der Waals surface area contributed by atoms with Crippen LogP contribution < -0.4 is 0 Å². The van der Waals surface area contributed by atoms with E-state index in [1.807, 2.05) is 0 Å². The number of rotatable bonds is 6. The first-order valence-electron chi connectivity index (χ1n) is 6.56. The molecule has 1 atom stereocenters. The maximum Gasteiger partial charge on any atom is 0.106 e. The van der Waals surface area contributed by atoms with Gasteiger partial charge in [0.05, 0.1) is 12.2 Å². The number of methoxy groups -OCH3 is 1. The van der Waals surface area contributed by atoms with Crippen molar-refractivity contribution in [1.29, 1.82) is 0 Å². The Labute approximate surface area is 99.1 Å². The minimum Gasteiger partial charge on any atom is -0.388 e. The van der Waals surface area contributed by atoms with Gasteiger partial charge in [-0.15, -0.1) is 0 Å². The predicted molar refractivity (Wildman–Crippen MR) is 64.6 cm³/mol. The van der Waals surface area contributed by atoms with Crippen LogP contribution in [0.1, 0.15) is 51.9 Å². The zero-order chi connectivity index (χ0) is 11.9. The van der Waals surface area contributed by atoms with E-state index in [1.54, 1.807) is 7.11 Å². The summed E-state index contributed by atoms with van der Waals surface area (Å²) in [7, 11) is 1.72. The van der Waals surface area contributed by atoms with Gasteiger partial charge in [-0.25, -0.2) is 0 Å². The third-order valence-corrected chi connectivity index (χ3v) is 3.59. The Hall–Kier alpha value is -0.120. The standard InChI is InChI=1S/C13H26O3/c1-3-10-16-11-12(14)13(15-2)8-6-4-5-7-9-13/h12,14H,3-11H2,1-2H3. The van der Waals surface area contributed by atoms with Crippen molar-refractivity contribution in [1.82, 2.24) is 0 Å². The number of ether oxygens (including phenoxy) is 2. The van der Waals surface area contributed by atoms with Gasteiger partial charge in [-0.3, -0.25) is 0 Å². The van der Waals surface area contributed by atoms with E-state index in [0.29, 0.717) is 6.61 Å². The quantitative estimate of drug-likeness (QED) is 0.563. The fraction of sp³-hybridized carbons (Fsp3) is 1.00. The van der Waals surface area contributed by atoms with Crippen LogP contribution in [0.25, 0.3) is 0 Å². The molecule has 1 N–H and O–H groups in total. The molecule has 0 spiro atoms. The first-order valence-corrected chi connectivity index (χ1v) is 6.56. The minimum absolute atomic E-state index is 0.357. The lowest BCUT2D eigenvalue weighted by Crippen LogP contribution is -2.46. The molecule has 0 aromatic heterocycles. The summed E-state index contributed by atoms with van der Waals surface area (Å²) in [6.07, 6.45) is 7.24. The van der Waals surface area contributed by atoms with Crippen molar-refractivity contribution in [2.75, 3.05) is 20.3 Å². The molecular weight excluding hydrogens is 204 g/mol. The second-order valence-corrected chi connectivity index (χ2v) is 4.77. The van der Waals surface area contributed by atoms with Gasteiger partial charge in [0.15, 0.2) is 0 Å². The normalized spacial score (nSPS) is 22.7. The minimum atomic E-state index is -0.484. The van der Waals surface area contributed by atoms with Crippen molar-refractivity contribution in [2.24, 2.45) is 0 Å². The lowest BCUT2D eigenvalue weighted by atomic mass is 9.88. The Bertz CT molecular complexity index is 174. The molecule has 0 aromatic rings. The molecule has 0 heterocycles. The van der Waals surface area contributed by atoms with E-state index >= 15 is 0 Å². The van der Waals surface area contributed by atoms with Crippen LogP contribution in [-0.2, 0) is 9.47 Å². The van der Waals surface area contributed by atoms with E-state index in [9.17, 15) is 5.11 Å². The molecule has 1 saturated carbocycles. The van der Waals surface area contributed by atoms with Crippen LogP contribution in [0.3, 0.4) is 0 Å². The van der Waals surface area contributed by atoms with Crippen molar-refractivity contribution in [3.05, 3.63) is 0 Å². The van der Waals surface area contributed by atoms with Gasteiger partial charge in [-0.05, 0) is 19.3 Å². The highest BCUT2D eigenvalue weighted by Gasteiger charge is 2.38. The Morgan fingerprint density at radius 1 is 1.19 bits per heavy atom. The lowest BCUT2D eigenvalue weighted by molar-refractivity contribution is -0.134. The van der Waals surface area contributed by atoms with Crippen LogP contribution >= 0.6 is 0 Å². The monoisotopic (exact) mass is 230 g/mol. The number of hydrogen-bond acceptors (Lipinski definition) is 3. The summed E-state index contributed by atoms with van der Waals surface area (Å²) in [6.45, 7) is 3.20. The van der Waals surface area contributed by atoms with Crippen molar-refractivity contribution in [2.45, 2.75) is 63.6 Å². The SMILES string of the molecule is CCCOCC(O)C1(OC)CCCCCC1. The fourth-order valence-electron chi connectivity index (χ4n) is 2.49. The summed E-state index contributed by atoms with van der Waals surface area (Å²) in [5.74, 6) is 0. The molecule has 0 saturated heterocycles. The lowest BCUT2D eigenvalue weighted by Gasteiger charge is -2.36. The molecule has 1 aliphatic carbocycles. The summed E-state index contributed by atoms with van der Waals surface area (Å²) >= 11 is 0. The first-order chi connectivity index (χ1) is 7.75. The summed E-state index contributed by atoms with van der Waals surface area (Å²) < 4.78 is 11.1. The van der Waals surface area contributed by atoms with E-state index < -0.39 is 6.10 Å². The number of hydrogen-bond donors (Lipinski definition) is 1. The zero-order valence-electron chi connectivity index (χ0n) is 10.7. The predicted octanol–water partition coefficient (Wildman–Crippen LogP) is 2.51. The maximum absolute atomic E-state index is 10.2. The molecular formula is C13H26O3. The fourth-order valence-corrected chi connectivity index (χ4v) is 2.49. The van der Waals surface area contributed by atoms with E-state index in [1.165, 1.54) is 12.8 Å². The summed E-state index contributed by atoms with van der Waals surface area (Å²) in [6, 6.07) is 0. The highest BCUT2D eigenvalue weighted by molar-refractivity contribution is 4.89. The van der Waals surface area contributed by atoms with Gasteiger partial charge < -0.3 is 14.6 Å². The Morgan fingerprint density at radius 2 is 1.81 bits per heavy atom. The van der Waals surface area contributed by atoms with Crippen molar-refractivity contribution in [3.63, 3.8) is 0 Å². The van der Waals surface area contributed by atoms with Gasteiger partial charge in [0.1, 0.15) is 6.10 Å². The summed E-state index contributed by atoms with van der Waals surface area (Å²) in [5, 5.41) is 10.2. The van der Waals surface area contributed by atoms with Crippen molar-refractivity contribution >= 4 is 0 Å². The maximum atomic E-state index is 10.2. The molecule has 1 fully saturated rings. The van der Waals surface area contributed by atoms with Gasteiger partial charge in [0.2, 0.25) is 0 Å². The van der Waals surface area contributed by atoms with Crippen molar-refractivity contribution in [3.8, 4) is 0 Å². The molecule has 0 aromatic carbocycles. The van der Waals surface area contributed by atoms with Crippen LogP contribution in [-0.4, -0.2) is 37.1 Å². The van der Waals surface area contributed by atoms with Crippen molar-refractivity contribution < 1.29 is 14.6 Å². The Balaban J connectivity index is 2.48. The molecule has 0 radical (unpaired) electrons. The first kappa shape index (κ1) is 13.9. The average molecular weight is 230 g/mol. The molecule has 1 rings (SSSR count). The molecule has 16 heavy (non-hydrogen) atoms. The molecule has 1 aliphatic rings. The molecule has 0 aliphatic heterocycles. The Morgan fingerprint density at radius 3 is 2.31 bits per heavy atom. The second kappa shape index (κ2) is 7.25. The van der Waals surface area contributed by atoms with Gasteiger partial charge >= 0.3 is 0 Å². The van der Waals surface area contributed by atoms with Gasteiger partial charge in [-0.1, -0.05) is 32.6 Å². The molecule has 0 amide bonds. The third-order valence-electron chi connectivity index (χ3n) is 3.59. The molecule has 3 heteroatoms. The van der Waals surface area contributed by atoms with Gasteiger partial charge in [-0.2, -0.15) is 0 Å². The molecule has 0 bridgehead atoms. The van der Waals surface area contributed by atoms with Crippen LogP contribution in [0, 0.1) is 0 Å². The average Bonchev–Trinajstić information content (AvgIpc) is 2.55. The van der Waals surface area contributed by atoms with Crippen LogP contribution in [0.5, 0.6) is 0 Å². The van der Waals surface area contributed by atoms with E-state index in [4.69, 9.17) is 9.47 Å². The molecule has 3 nitrogen and oxygen atoms in total. The van der Waals surface area contributed by atoms with Gasteiger partial charge in [0, 0.05) is 13.7 Å². The number of aliphatic hydroxyl groups is 1. The second-order valence-electron chi connectivity index (χ2n) is 4.77. The van der Waals surface area contributed by atoms with Gasteiger partial charge in [0.25, 0.3) is 0 Å². The highest BCUT2D eigenvalue weighted by atomic mass is 16.5. The largest absolute Gasteiger partial charge is 0.388 e. The summed E-state index contributed by atoms with van der Waals surface area (Å²) in [5.41, 5.74) is -0.357. The van der Waals surface area contributed by atoms with Crippen LogP contribution in [0.4, 0.5) is 0 Å². The van der Waals surface area contributed by atoms with E-state index in [0.717, 1.165) is 38.7 Å². The molecule has 96 valence electrons. The molecule has 1 unspecified atom stereocenters. The smallest absolute Gasteiger partial charge is 0.106 e. The topological polar surface area (TPSA) is 38.7 Å². The Kier molecular flexibility index (Phi) is 6.32. The zero-order valence-corrected chi connectivity index (χ0v) is 10.7. The van der Waals surface area contributed by atoms with E-state index in [-0.39, 0.29) is 5.60 Å².